The summed E-state index contributed by atoms with van der Waals surface area (Å²) in [7, 11) is 0. The van der Waals surface area contributed by atoms with E-state index in [0.717, 1.165) is 19.5 Å². The number of aromatic nitrogens is 3. The Bertz CT molecular complexity index is 599. The second-order valence-corrected chi connectivity index (χ2v) is 4.91. The van der Waals surface area contributed by atoms with Crippen LogP contribution in [0.15, 0.2) is 30.5 Å². The third-order valence-electron chi connectivity index (χ3n) is 2.84. The van der Waals surface area contributed by atoms with Crippen LogP contribution in [0.3, 0.4) is 0 Å². The molecule has 21 heavy (non-hydrogen) atoms. The van der Waals surface area contributed by atoms with Gasteiger partial charge in [-0.25, -0.2) is 4.68 Å². The lowest BCUT2D eigenvalue weighted by Crippen LogP contribution is -2.32. The molecule has 0 saturated carbocycles. The Morgan fingerprint density at radius 2 is 2.10 bits per heavy atom. The van der Waals surface area contributed by atoms with Crippen LogP contribution < -0.4 is 10.6 Å². The molecule has 2 rings (SSSR count). The Kier molecular flexibility index (Phi) is 5.71. The molecule has 2 aromatic rings. The highest BCUT2D eigenvalue weighted by atomic mass is 35.5. The third-order valence-corrected chi connectivity index (χ3v) is 3.16. The summed E-state index contributed by atoms with van der Waals surface area (Å²) in [6.07, 6.45) is 2.64. The van der Waals surface area contributed by atoms with Gasteiger partial charge < -0.3 is 10.6 Å². The monoisotopic (exact) mass is 307 g/mol. The number of rotatable bonds is 7. The van der Waals surface area contributed by atoms with E-state index < -0.39 is 0 Å². The summed E-state index contributed by atoms with van der Waals surface area (Å²) in [6.45, 7) is 4.33. The van der Waals surface area contributed by atoms with Crippen molar-refractivity contribution < 1.29 is 4.79 Å². The van der Waals surface area contributed by atoms with Gasteiger partial charge in [-0.05, 0) is 25.1 Å². The van der Waals surface area contributed by atoms with Gasteiger partial charge in [-0.2, -0.15) is 0 Å². The number of hydrogen-bond acceptors (Lipinski definition) is 4. The molecule has 0 radical (unpaired) electrons. The Labute approximate surface area is 128 Å². The van der Waals surface area contributed by atoms with Crippen molar-refractivity contribution in [1.82, 2.24) is 25.6 Å². The summed E-state index contributed by atoms with van der Waals surface area (Å²) < 4.78 is 1.49. The van der Waals surface area contributed by atoms with Gasteiger partial charge in [0.2, 0.25) is 0 Å². The lowest BCUT2D eigenvalue weighted by atomic mass is 10.3. The van der Waals surface area contributed by atoms with Crippen molar-refractivity contribution in [3.63, 3.8) is 0 Å². The van der Waals surface area contributed by atoms with E-state index in [4.69, 9.17) is 11.6 Å². The van der Waals surface area contributed by atoms with Crippen molar-refractivity contribution in [3.8, 4) is 5.69 Å². The maximum Gasteiger partial charge on any atom is 0.273 e. The smallest absolute Gasteiger partial charge is 0.273 e. The first-order valence-corrected chi connectivity index (χ1v) is 7.26. The topological polar surface area (TPSA) is 71.8 Å². The molecule has 1 amide bonds. The average molecular weight is 308 g/mol. The van der Waals surface area contributed by atoms with Crippen molar-refractivity contribution in [3.05, 3.63) is 41.2 Å². The fourth-order valence-corrected chi connectivity index (χ4v) is 2.00. The zero-order valence-electron chi connectivity index (χ0n) is 11.8. The highest BCUT2D eigenvalue weighted by Crippen LogP contribution is 2.18. The second kappa shape index (κ2) is 7.75. The molecule has 2 N–H and O–H groups in total. The van der Waals surface area contributed by atoms with Crippen LogP contribution in [0, 0.1) is 0 Å². The lowest BCUT2D eigenvalue weighted by Gasteiger charge is -2.04. The molecule has 0 fully saturated rings. The van der Waals surface area contributed by atoms with E-state index in [1.165, 1.54) is 4.68 Å². The molecule has 7 heteroatoms. The number of hydrogen-bond donors (Lipinski definition) is 2. The number of benzene rings is 1. The van der Waals surface area contributed by atoms with Crippen molar-refractivity contribution in [2.24, 2.45) is 0 Å². The fraction of sp³-hybridized carbons (Fsp3) is 0.357. The number of para-hydroxylation sites is 1. The van der Waals surface area contributed by atoms with Gasteiger partial charge in [0.1, 0.15) is 0 Å². The maximum atomic E-state index is 11.9. The van der Waals surface area contributed by atoms with Crippen LogP contribution in [0.1, 0.15) is 23.8 Å². The SMILES string of the molecule is CCCNCCNC(=O)c1cn(-c2ccccc2Cl)nn1. The molecular formula is C14H18ClN5O. The predicted molar refractivity (Wildman–Crippen MR) is 81.9 cm³/mol. The summed E-state index contributed by atoms with van der Waals surface area (Å²) >= 11 is 6.08. The highest BCUT2D eigenvalue weighted by Gasteiger charge is 2.12. The Morgan fingerprint density at radius 3 is 2.86 bits per heavy atom. The number of halogens is 1. The predicted octanol–water partition coefficient (Wildman–Crippen LogP) is 1.65. The van der Waals surface area contributed by atoms with Crippen LogP contribution >= 0.6 is 11.6 Å². The van der Waals surface area contributed by atoms with Crippen LogP contribution in [0.5, 0.6) is 0 Å². The number of carbonyl (C=O) groups is 1. The van der Waals surface area contributed by atoms with Crippen molar-refractivity contribution >= 4 is 17.5 Å². The van der Waals surface area contributed by atoms with E-state index in [2.05, 4.69) is 27.9 Å². The van der Waals surface area contributed by atoms with Crippen molar-refractivity contribution in [1.29, 1.82) is 0 Å². The molecule has 0 aliphatic carbocycles. The van der Waals surface area contributed by atoms with Gasteiger partial charge in [0, 0.05) is 13.1 Å². The lowest BCUT2D eigenvalue weighted by molar-refractivity contribution is 0.0949. The number of nitrogens with zero attached hydrogens (tertiary/aromatic N) is 3. The zero-order valence-corrected chi connectivity index (χ0v) is 12.6. The number of amides is 1. The average Bonchev–Trinajstić information content (AvgIpc) is 2.97. The van der Waals surface area contributed by atoms with Crippen LogP contribution in [0.4, 0.5) is 0 Å². The Hall–Kier alpha value is -1.92. The van der Waals surface area contributed by atoms with E-state index in [9.17, 15) is 4.79 Å². The molecule has 0 atom stereocenters. The summed E-state index contributed by atoms with van der Waals surface area (Å²) in [5.41, 5.74) is 0.959. The van der Waals surface area contributed by atoms with Crippen LogP contribution in [0.25, 0.3) is 5.69 Å². The summed E-state index contributed by atoms with van der Waals surface area (Å²) in [6, 6.07) is 7.26. The first-order chi connectivity index (χ1) is 10.2. The normalized spacial score (nSPS) is 10.6. The van der Waals surface area contributed by atoms with E-state index in [-0.39, 0.29) is 11.6 Å². The maximum absolute atomic E-state index is 11.9. The fourth-order valence-electron chi connectivity index (χ4n) is 1.78. The third kappa shape index (κ3) is 4.27. The van der Waals surface area contributed by atoms with Crippen LogP contribution in [-0.2, 0) is 0 Å². The zero-order chi connectivity index (χ0) is 15.1. The molecule has 1 aromatic heterocycles. The van der Waals surface area contributed by atoms with E-state index in [0.29, 0.717) is 17.3 Å². The number of nitrogens with one attached hydrogen (secondary N) is 2. The minimum absolute atomic E-state index is 0.244. The van der Waals surface area contributed by atoms with Crippen LogP contribution in [0.2, 0.25) is 5.02 Å². The van der Waals surface area contributed by atoms with Crippen molar-refractivity contribution in [2.75, 3.05) is 19.6 Å². The minimum Gasteiger partial charge on any atom is -0.349 e. The van der Waals surface area contributed by atoms with Gasteiger partial charge in [-0.1, -0.05) is 35.9 Å². The molecule has 1 heterocycles. The van der Waals surface area contributed by atoms with Gasteiger partial charge >= 0.3 is 0 Å². The first-order valence-electron chi connectivity index (χ1n) is 6.88. The second-order valence-electron chi connectivity index (χ2n) is 4.51. The molecule has 112 valence electrons. The quantitative estimate of drug-likeness (QED) is 0.763. The van der Waals surface area contributed by atoms with Crippen LogP contribution in [-0.4, -0.2) is 40.5 Å². The van der Waals surface area contributed by atoms with Gasteiger partial charge in [0.05, 0.1) is 16.9 Å². The number of carbonyl (C=O) groups excluding carboxylic acids is 1. The molecular weight excluding hydrogens is 290 g/mol. The van der Waals surface area contributed by atoms with Crippen molar-refractivity contribution in [2.45, 2.75) is 13.3 Å². The molecule has 0 saturated heterocycles. The van der Waals surface area contributed by atoms with Gasteiger partial charge in [0.15, 0.2) is 5.69 Å². The molecule has 0 bridgehead atoms. The summed E-state index contributed by atoms with van der Waals surface area (Å²) in [5, 5.41) is 14.4. The van der Waals surface area contributed by atoms with E-state index >= 15 is 0 Å². The standard InChI is InChI=1S/C14H18ClN5O/c1-2-7-16-8-9-17-14(21)12-10-20(19-18-12)13-6-4-3-5-11(13)15/h3-6,10,16H,2,7-9H2,1H3,(H,17,21). The molecule has 6 nitrogen and oxygen atoms in total. The Morgan fingerprint density at radius 1 is 1.29 bits per heavy atom. The minimum atomic E-state index is -0.244. The summed E-state index contributed by atoms with van der Waals surface area (Å²) in [4.78, 5) is 11.9. The molecule has 0 spiro atoms. The Balaban J connectivity index is 1.94. The van der Waals surface area contributed by atoms with E-state index in [1.807, 2.05) is 18.2 Å². The summed E-state index contributed by atoms with van der Waals surface area (Å²) in [5.74, 6) is -0.244. The van der Waals surface area contributed by atoms with Gasteiger partial charge in [0.25, 0.3) is 5.91 Å². The first kappa shape index (κ1) is 15.5. The molecule has 0 aliphatic rings. The van der Waals surface area contributed by atoms with E-state index in [1.54, 1.807) is 12.3 Å². The molecule has 0 unspecified atom stereocenters. The molecule has 1 aromatic carbocycles. The molecule has 0 aliphatic heterocycles. The highest BCUT2D eigenvalue weighted by molar-refractivity contribution is 6.32. The van der Waals surface area contributed by atoms with Gasteiger partial charge in [-0.15, -0.1) is 5.10 Å². The largest absolute Gasteiger partial charge is 0.349 e. The van der Waals surface area contributed by atoms with Gasteiger partial charge in [-0.3, -0.25) is 4.79 Å².